The first-order valence-electron chi connectivity index (χ1n) is 6.04. The van der Waals surface area contributed by atoms with Gasteiger partial charge in [-0.3, -0.25) is 0 Å². The Morgan fingerprint density at radius 2 is 2.11 bits per heavy atom. The Hall–Kier alpha value is -0.500. The van der Waals surface area contributed by atoms with E-state index in [0.717, 1.165) is 19.3 Å². The number of hydrogen-bond donors (Lipinski definition) is 1. The predicted octanol–water partition coefficient (Wildman–Crippen LogP) is 2.22. The van der Waals surface area contributed by atoms with E-state index in [0.29, 0.717) is 4.47 Å². The Morgan fingerprint density at radius 1 is 1.47 bits per heavy atom. The molecule has 1 aromatic carbocycles. The number of sulfonamides is 1. The second-order valence-electron chi connectivity index (χ2n) is 4.69. The summed E-state index contributed by atoms with van der Waals surface area (Å²) in [6, 6.07) is 2.76. The third-order valence-electron chi connectivity index (χ3n) is 3.55. The molecule has 0 heterocycles. The Labute approximate surface area is 121 Å². The molecule has 1 aromatic rings. The van der Waals surface area contributed by atoms with Crippen molar-refractivity contribution in [2.75, 3.05) is 7.05 Å². The number of rotatable bonds is 4. The molecule has 0 spiro atoms. The van der Waals surface area contributed by atoms with E-state index in [1.54, 1.807) is 0 Å². The van der Waals surface area contributed by atoms with Crippen LogP contribution in [0.3, 0.4) is 0 Å². The fraction of sp³-hybridized carbons (Fsp3) is 0.500. The summed E-state index contributed by atoms with van der Waals surface area (Å²) in [4.78, 5) is -0.309. The average molecular weight is 351 g/mol. The molecule has 2 N–H and O–H groups in total. The standard InChI is InChI=1S/C12H16BrFN2O2S/c1-16(10-3-2-4-10)19(17,18)11-6-9(13)5-8(7-15)12(11)14/h5-6,10H,2-4,7,15H2,1H3. The highest BCUT2D eigenvalue weighted by atomic mass is 79.9. The van der Waals surface area contributed by atoms with Crippen molar-refractivity contribution in [3.05, 3.63) is 28.0 Å². The largest absolute Gasteiger partial charge is 0.326 e. The maximum absolute atomic E-state index is 14.2. The van der Waals surface area contributed by atoms with E-state index < -0.39 is 15.8 Å². The van der Waals surface area contributed by atoms with Crippen molar-refractivity contribution in [1.82, 2.24) is 4.31 Å². The van der Waals surface area contributed by atoms with Crippen LogP contribution < -0.4 is 5.73 Å². The molecule has 19 heavy (non-hydrogen) atoms. The van der Waals surface area contributed by atoms with Crippen LogP contribution in [-0.4, -0.2) is 25.8 Å². The second kappa shape index (κ2) is 5.47. The van der Waals surface area contributed by atoms with Crippen molar-refractivity contribution in [2.45, 2.75) is 36.7 Å². The van der Waals surface area contributed by atoms with Gasteiger partial charge in [0.05, 0.1) is 0 Å². The number of nitrogens with two attached hydrogens (primary N) is 1. The van der Waals surface area contributed by atoms with E-state index in [1.807, 2.05) is 0 Å². The molecule has 0 bridgehead atoms. The van der Waals surface area contributed by atoms with Gasteiger partial charge in [0.2, 0.25) is 10.0 Å². The average Bonchev–Trinajstić information content (AvgIpc) is 2.29. The summed E-state index contributed by atoms with van der Waals surface area (Å²) >= 11 is 3.19. The quantitative estimate of drug-likeness (QED) is 0.905. The molecule has 7 heteroatoms. The zero-order valence-corrected chi connectivity index (χ0v) is 13.0. The van der Waals surface area contributed by atoms with Gasteiger partial charge < -0.3 is 5.73 Å². The lowest BCUT2D eigenvalue weighted by Gasteiger charge is -2.33. The third kappa shape index (κ3) is 2.69. The molecular weight excluding hydrogens is 335 g/mol. The van der Waals surface area contributed by atoms with Crippen LogP contribution in [0.25, 0.3) is 0 Å². The van der Waals surface area contributed by atoms with Crippen LogP contribution in [0.1, 0.15) is 24.8 Å². The van der Waals surface area contributed by atoms with Crippen molar-refractivity contribution in [3.8, 4) is 0 Å². The zero-order chi connectivity index (χ0) is 14.2. The van der Waals surface area contributed by atoms with Crippen molar-refractivity contribution >= 4 is 26.0 Å². The van der Waals surface area contributed by atoms with Crippen LogP contribution in [0.5, 0.6) is 0 Å². The molecule has 0 unspecified atom stereocenters. The summed E-state index contributed by atoms with van der Waals surface area (Å²) in [6.07, 6.45) is 2.67. The SMILES string of the molecule is CN(C1CCC1)S(=O)(=O)c1cc(Br)cc(CN)c1F. The van der Waals surface area contributed by atoms with E-state index in [4.69, 9.17) is 5.73 Å². The maximum Gasteiger partial charge on any atom is 0.246 e. The monoisotopic (exact) mass is 350 g/mol. The van der Waals surface area contributed by atoms with Crippen molar-refractivity contribution < 1.29 is 12.8 Å². The summed E-state index contributed by atoms with van der Waals surface area (Å²) in [5.41, 5.74) is 5.63. The molecule has 0 saturated heterocycles. The van der Waals surface area contributed by atoms with E-state index >= 15 is 0 Å². The summed E-state index contributed by atoms with van der Waals surface area (Å²) in [7, 11) is -2.31. The maximum atomic E-state index is 14.2. The molecule has 1 aliphatic rings. The van der Waals surface area contributed by atoms with Crippen LogP contribution in [0.15, 0.2) is 21.5 Å². The number of benzene rings is 1. The minimum Gasteiger partial charge on any atom is -0.326 e. The summed E-state index contributed by atoms with van der Waals surface area (Å²) in [5, 5.41) is 0. The summed E-state index contributed by atoms with van der Waals surface area (Å²) in [6.45, 7) is -0.0407. The lowest BCUT2D eigenvalue weighted by atomic mass is 9.94. The first-order valence-corrected chi connectivity index (χ1v) is 8.27. The Morgan fingerprint density at radius 3 is 2.58 bits per heavy atom. The highest BCUT2D eigenvalue weighted by molar-refractivity contribution is 9.10. The van der Waals surface area contributed by atoms with Gasteiger partial charge in [-0.15, -0.1) is 0 Å². The van der Waals surface area contributed by atoms with E-state index in [1.165, 1.54) is 23.5 Å². The second-order valence-corrected chi connectivity index (χ2v) is 7.57. The van der Waals surface area contributed by atoms with Gasteiger partial charge in [-0.25, -0.2) is 12.8 Å². The fourth-order valence-electron chi connectivity index (χ4n) is 2.06. The molecule has 4 nitrogen and oxygen atoms in total. The van der Waals surface area contributed by atoms with Gasteiger partial charge in [0.25, 0.3) is 0 Å². The highest BCUT2D eigenvalue weighted by Crippen LogP contribution is 2.31. The van der Waals surface area contributed by atoms with Crippen LogP contribution in [0.2, 0.25) is 0 Å². The van der Waals surface area contributed by atoms with Gasteiger partial charge in [0.15, 0.2) is 0 Å². The van der Waals surface area contributed by atoms with Crippen LogP contribution in [-0.2, 0) is 16.6 Å². The first kappa shape index (κ1) is 14.9. The van der Waals surface area contributed by atoms with Gasteiger partial charge in [-0.1, -0.05) is 22.4 Å². The molecule has 106 valence electrons. The molecule has 0 amide bonds. The Kier molecular flexibility index (Phi) is 4.29. The van der Waals surface area contributed by atoms with E-state index in [9.17, 15) is 12.8 Å². The smallest absolute Gasteiger partial charge is 0.246 e. The Bertz CT molecular complexity index is 588. The molecule has 0 atom stereocenters. The minimum atomic E-state index is -3.81. The molecule has 2 rings (SSSR count). The van der Waals surface area contributed by atoms with Gasteiger partial charge in [0.1, 0.15) is 10.7 Å². The predicted molar refractivity (Wildman–Crippen MR) is 74.6 cm³/mol. The normalized spacial score (nSPS) is 16.7. The van der Waals surface area contributed by atoms with Crippen LogP contribution in [0.4, 0.5) is 4.39 Å². The van der Waals surface area contributed by atoms with E-state index in [-0.39, 0.29) is 23.0 Å². The zero-order valence-electron chi connectivity index (χ0n) is 10.6. The highest BCUT2D eigenvalue weighted by Gasteiger charge is 2.34. The van der Waals surface area contributed by atoms with Crippen LogP contribution in [0, 0.1) is 5.82 Å². The van der Waals surface area contributed by atoms with Crippen molar-refractivity contribution in [2.24, 2.45) is 5.73 Å². The van der Waals surface area contributed by atoms with Gasteiger partial charge in [-0.05, 0) is 25.0 Å². The topological polar surface area (TPSA) is 63.4 Å². The van der Waals surface area contributed by atoms with Crippen molar-refractivity contribution in [3.63, 3.8) is 0 Å². The van der Waals surface area contributed by atoms with Gasteiger partial charge >= 0.3 is 0 Å². The fourth-order valence-corrected chi connectivity index (χ4v) is 4.26. The lowest BCUT2D eigenvalue weighted by Crippen LogP contribution is -2.41. The molecule has 0 aromatic heterocycles. The molecular formula is C12H16BrFN2O2S. The number of nitrogens with zero attached hydrogens (tertiary/aromatic N) is 1. The Balaban J connectivity index is 2.47. The van der Waals surface area contributed by atoms with Crippen LogP contribution >= 0.6 is 15.9 Å². The molecule has 1 fully saturated rings. The molecule has 0 aliphatic heterocycles. The lowest BCUT2D eigenvalue weighted by molar-refractivity contribution is 0.249. The minimum absolute atomic E-state index is 0.0234. The molecule has 1 aliphatic carbocycles. The first-order chi connectivity index (χ1) is 8.87. The third-order valence-corrected chi connectivity index (χ3v) is 5.91. The number of halogens is 2. The summed E-state index contributed by atoms with van der Waals surface area (Å²) in [5.74, 6) is -0.753. The van der Waals surface area contributed by atoms with Gasteiger partial charge in [-0.2, -0.15) is 4.31 Å². The van der Waals surface area contributed by atoms with Gasteiger partial charge in [0, 0.05) is 29.7 Å². The summed E-state index contributed by atoms with van der Waals surface area (Å²) < 4.78 is 40.8. The molecule has 0 radical (unpaired) electrons. The molecule has 1 saturated carbocycles. The van der Waals surface area contributed by atoms with Crippen molar-refractivity contribution in [1.29, 1.82) is 0 Å². The van der Waals surface area contributed by atoms with E-state index in [2.05, 4.69) is 15.9 Å². The number of hydrogen-bond acceptors (Lipinski definition) is 3.